The van der Waals surface area contributed by atoms with Gasteiger partial charge in [0.2, 0.25) is 0 Å². The molecule has 0 amide bonds. The number of hydrogen-bond acceptors (Lipinski definition) is 4. The van der Waals surface area contributed by atoms with Gasteiger partial charge in [-0.1, -0.05) is 76.5 Å². The van der Waals surface area contributed by atoms with E-state index in [9.17, 15) is 0 Å². The Balaban J connectivity index is 1.54. The predicted octanol–water partition coefficient (Wildman–Crippen LogP) is -19.4. The zero-order valence-corrected chi connectivity index (χ0v) is 36.7. The lowest BCUT2D eigenvalue weighted by Gasteiger charge is -2.30. The van der Waals surface area contributed by atoms with Crippen molar-refractivity contribution in [1.82, 2.24) is 15.0 Å². The van der Waals surface area contributed by atoms with Gasteiger partial charge in [0, 0.05) is 27.5 Å². The summed E-state index contributed by atoms with van der Waals surface area (Å²) in [6.07, 6.45) is 0. The second kappa shape index (κ2) is 17.3. The van der Waals surface area contributed by atoms with Crippen LogP contribution in [0.2, 0.25) is 0 Å². The maximum Gasteiger partial charge on any atom is 0.164 e. The van der Waals surface area contributed by atoms with Gasteiger partial charge < -0.3 is 4.42 Å². The zero-order chi connectivity index (χ0) is 51.5. The number of hydrogen-bond donors (Lipinski definition) is 0. The van der Waals surface area contributed by atoms with Gasteiger partial charge in [-0.05, 0) is 32.7 Å². The Hall–Kier alpha value is -4.51. The topological polar surface area (TPSA) is 51.8 Å². The van der Waals surface area contributed by atoms with E-state index in [0.29, 0.717) is 0 Å². The van der Waals surface area contributed by atoms with Crippen LogP contribution in [-0.4, -0.2) is 211 Å². The molecule has 0 aliphatic heterocycles. The van der Waals surface area contributed by atoms with Crippen molar-refractivity contribution in [2.45, 2.75) is 0 Å². The highest BCUT2D eigenvalue weighted by Gasteiger charge is 2.30. The number of rotatable bonds is 4. The molecular formula is C41B25N3O. The van der Waals surface area contributed by atoms with Crippen LogP contribution in [0.15, 0.2) is 4.42 Å². The van der Waals surface area contributed by atoms with Crippen LogP contribution in [0.1, 0.15) is 0 Å². The third-order valence-electron chi connectivity index (χ3n) is 12.9. The molecule has 4 nitrogen and oxygen atoms in total. The highest BCUT2D eigenvalue weighted by atomic mass is 16.3. The number of benzene rings is 7. The molecule has 50 radical (unpaired) electrons. The maximum atomic E-state index is 6.97. The summed E-state index contributed by atoms with van der Waals surface area (Å²) in [5, 5.41) is 0.217. The summed E-state index contributed by atoms with van der Waals surface area (Å²) in [4.78, 5) is 14.6. The predicted molar refractivity (Wildman–Crippen MR) is 319 cm³/mol. The lowest BCUT2D eigenvalue weighted by molar-refractivity contribution is 0.675. The molecule has 0 N–H and O–H groups in total. The Morgan fingerprint density at radius 2 is 0.386 bits per heavy atom. The number of fused-ring (bicyclic) bond motifs is 5. The second-order valence-corrected chi connectivity index (χ2v) is 16.5. The molecule has 2 heterocycles. The summed E-state index contributed by atoms with van der Waals surface area (Å²) in [5.41, 5.74) is -4.38. The van der Waals surface area contributed by atoms with Crippen LogP contribution in [0, 0.1) is 0 Å². The van der Waals surface area contributed by atoms with Crippen molar-refractivity contribution in [3.63, 3.8) is 0 Å². The van der Waals surface area contributed by atoms with Crippen molar-refractivity contribution in [3.8, 4) is 45.3 Å². The molecule has 0 spiro atoms. The highest BCUT2D eigenvalue weighted by molar-refractivity contribution is 6.75. The molecule has 9 rings (SSSR count). The molecule has 70 heavy (non-hydrogen) atoms. The van der Waals surface area contributed by atoms with Crippen molar-refractivity contribution >= 4 is 376 Å². The average molecular weight is 821 g/mol. The first-order chi connectivity index (χ1) is 32.7. The van der Waals surface area contributed by atoms with Crippen molar-refractivity contribution in [1.29, 1.82) is 0 Å². The molecule has 0 saturated carbocycles. The van der Waals surface area contributed by atoms with E-state index < -0.39 is 0 Å². The highest BCUT2D eigenvalue weighted by Crippen LogP contribution is 2.34. The second-order valence-electron chi connectivity index (χ2n) is 16.5. The number of nitrogens with zero attached hydrogens (tertiary/aromatic N) is 3. The summed E-state index contributed by atoms with van der Waals surface area (Å²) in [6, 6.07) is 0. The van der Waals surface area contributed by atoms with E-state index in [1.54, 1.807) is 0 Å². The molecule has 7 aromatic carbocycles. The zero-order valence-electron chi connectivity index (χ0n) is 36.7. The molecule has 9 aromatic rings. The minimum atomic E-state index is -0.341. The fraction of sp³-hybridized carbons (Fsp3) is 0. The first kappa shape index (κ1) is 50.4. The van der Waals surface area contributed by atoms with Crippen molar-refractivity contribution in [2.24, 2.45) is 0 Å². The van der Waals surface area contributed by atoms with Gasteiger partial charge >= 0.3 is 0 Å². The maximum absolute atomic E-state index is 6.97. The summed E-state index contributed by atoms with van der Waals surface area (Å²) in [6.45, 7) is 0. The minimum Gasteiger partial charge on any atom is -0.457 e. The molecule has 29 heteroatoms. The van der Waals surface area contributed by atoms with Crippen molar-refractivity contribution in [2.75, 3.05) is 0 Å². The average Bonchev–Trinajstić information content (AvgIpc) is 3.73. The third-order valence-corrected chi connectivity index (χ3v) is 12.9. The van der Waals surface area contributed by atoms with Gasteiger partial charge in [0.25, 0.3) is 0 Å². The fourth-order valence-corrected chi connectivity index (χ4v) is 8.98. The van der Waals surface area contributed by atoms with Crippen LogP contribution in [0.4, 0.5) is 0 Å². The Bertz CT molecular complexity index is 3930. The molecule has 0 aliphatic rings. The molecule has 0 atom stereocenters. The molecule has 260 valence electrons. The quantitative estimate of drug-likeness (QED) is 0.166. The van der Waals surface area contributed by atoms with E-state index >= 15 is 0 Å². The summed E-state index contributed by atoms with van der Waals surface area (Å²) >= 11 is 0. The van der Waals surface area contributed by atoms with Gasteiger partial charge in [-0.2, -0.15) is 0 Å². The van der Waals surface area contributed by atoms with Crippen molar-refractivity contribution < 1.29 is 4.42 Å². The molecular weight excluding hydrogens is 821 g/mol. The van der Waals surface area contributed by atoms with E-state index in [0.717, 1.165) is 0 Å². The van der Waals surface area contributed by atoms with Gasteiger partial charge in [-0.15, -0.1) is 60.1 Å². The van der Waals surface area contributed by atoms with Gasteiger partial charge in [-0.3, -0.25) is 0 Å². The molecule has 0 saturated heterocycles. The normalized spacial score (nSPS) is 11.7. The molecule has 2 aromatic heterocycles. The molecule has 0 fully saturated rings. The fourth-order valence-electron chi connectivity index (χ4n) is 8.98. The molecule has 0 unspecified atom stereocenters. The first-order valence-corrected chi connectivity index (χ1v) is 20.2. The van der Waals surface area contributed by atoms with E-state index in [1.807, 2.05) is 0 Å². The molecule has 0 bridgehead atoms. The lowest BCUT2D eigenvalue weighted by atomic mass is 9.56. The number of aromatic nitrogens is 3. The van der Waals surface area contributed by atoms with Gasteiger partial charge in [-0.25, -0.2) is 15.0 Å². The van der Waals surface area contributed by atoms with Crippen LogP contribution >= 0.6 is 0 Å². The summed E-state index contributed by atoms with van der Waals surface area (Å²) in [5.74, 6) is -0.962. The van der Waals surface area contributed by atoms with Crippen LogP contribution in [-0.2, 0) is 0 Å². The Morgan fingerprint density at radius 1 is 0.171 bits per heavy atom. The summed E-state index contributed by atoms with van der Waals surface area (Å²) < 4.78 is 6.22. The Morgan fingerprint density at radius 3 is 0.800 bits per heavy atom. The van der Waals surface area contributed by atoms with Gasteiger partial charge in [0.1, 0.15) is 207 Å². The summed E-state index contributed by atoms with van der Waals surface area (Å²) in [7, 11) is 165. The van der Waals surface area contributed by atoms with E-state index in [1.165, 1.54) is 0 Å². The minimum absolute atomic E-state index is 0.00450. The first-order valence-electron chi connectivity index (χ1n) is 20.2. The SMILES string of the molecule is [B]c1c([B])c([B])c(-c2nc(-c3c([B])c([B])c([B])c4c(-c5c([B])c([B])c([B])c6c([B])c([B])c([B])c([B])c56)c([B])c([B])c([B])c34)nc(-c3c([B])c([B])c([B])c4oc5c([B])c([B])c([B])c([B])c5c34)n2)c([B])c1[B]. The third kappa shape index (κ3) is 6.76. The Kier molecular flexibility index (Phi) is 12.5. The van der Waals surface area contributed by atoms with Gasteiger partial charge in [0.15, 0.2) is 17.5 Å². The number of furan rings is 1. The van der Waals surface area contributed by atoms with E-state index in [4.69, 9.17) is 216 Å². The van der Waals surface area contributed by atoms with Crippen LogP contribution in [0.5, 0.6) is 0 Å². The smallest absolute Gasteiger partial charge is 0.164 e. The Labute approximate surface area is 438 Å². The van der Waals surface area contributed by atoms with E-state index in [2.05, 4.69) is 0 Å². The van der Waals surface area contributed by atoms with Crippen molar-refractivity contribution in [3.05, 3.63) is 0 Å². The monoisotopic (exact) mass is 825 g/mol. The lowest BCUT2D eigenvalue weighted by Crippen LogP contribution is -2.55. The van der Waals surface area contributed by atoms with Crippen LogP contribution < -0.4 is 137 Å². The largest absolute Gasteiger partial charge is 0.457 e. The molecule has 0 aliphatic carbocycles. The van der Waals surface area contributed by atoms with Gasteiger partial charge in [0.05, 0.1) is 0 Å². The van der Waals surface area contributed by atoms with Crippen LogP contribution in [0.25, 0.3) is 88.8 Å². The standard InChI is InChI=1S/C41B25N3O/c42-12-1(2-4-7(17(47)25(55)13(2)43)18(48)28(58)27(57)15(4)45)3-5(16(46)24(12)54)9(20(50)26(56)14(3)44)39-67-40(69-41(68-39)11-22(52)30(60)33(63)31(61)23(11)53)10-6-8-19(49)29(59)34(64)36(66)38(8)70-37(6)35(65)32(62)21(10)51. The van der Waals surface area contributed by atoms with E-state index in [-0.39, 0.29) is 225 Å². The van der Waals surface area contributed by atoms with Crippen LogP contribution in [0.3, 0.4) is 0 Å².